The van der Waals surface area contributed by atoms with E-state index in [0.717, 1.165) is 0 Å². The minimum Gasteiger partial charge on any atom is -0.382 e. The maximum absolute atomic E-state index is 11.8. The zero-order chi connectivity index (χ0) is 16.0. The number of hydrogen-bond donors (Lipinski definition) is 1. The third-order valence-corrected chi connectivity index (χ3v) is 3.83. The van der Waals surface area contributed by atoms with Gasteiger partial charge < -0.3 is 12.5 Å². The van der Waals surface area contributed by atoms with Crippen molar-refractivity contribution >= 4 is 23.0 Å². The summed E-state index contributed by atoms with van der Waals surface area (Å²) in [6, 6.07) is 1.28. The van der Waals surface area contributed by atoms with Gasteiger partial charge in [0.05, 0.1) is 18.8 Å². The third kappa shape index (κ3) is 4.90. The molecule has 0 saturated carbocycles. The van der Waals surface area contributed by atoms with Gasteiger partial charge in [-0.15, -0.1) is 0 Å². The normalized spacial score (nSPS) is 17.2. The zero-order valence-electron chi connectivity index (χ0n) is 12.6. The van der Waals surface area contributed by atoms with E-state index >= 15 is 0 Å². The first kappa shape index (κ1) is 18.3. The summed E-state index contributed by atoms with van der Waals surface area (Å²) in [5.74, 6) is 0.0512. The van der Waals surface area contributed by atoms with Gasteiger partial charge in [-0.05, 0) is 13.8 Å². The molecule has 0 spiro atoms. The van der Waals surface area contributed by atoms with E-state index in [9.17, 15) is 9.59 Å². The van der Waals surface area contributed by atoms with Gasteiger partial charge in [-0.25, -0.2) is 4.79 Å². The van der Waals surface area contributed by atoms with Crippen molar-refractivity contribution in [2.24, 2.45) is 5.92 Å². The van der Waals surface area contributed by atoms with Crippen LogP contribution in [0.4, 0.5) is 0 Å². The van der Waals surface area contributed by atoms with Crippen molar-refractivity contribution in [1.82, 2.24) is 9.55 Å². The molecule has 0 fully saturated rings. The topological polar surface area (TPSA) is 82.5 Å². The van der Waals surface area contributed by atoms with Gasteiger partial charge in [0.2, 0.25) is 0 Å². The van der Waals surface area contributed by atoms with Crippen LogP contribution in [-0.2, 0) is 12.5 Å². The molecule has 0 aliphatic heterocycles. The highest BCUT2D eigenvalue weighted by atomic mass is 127. The Bertz CT molecular complexity index is 558. The molecule has 1 aromatic heterocycles. The summed E-state index contributed by atoms with van der Waals surface area (Å²) in [4.78, 5) is 25.1. The first-order chi connectivity index (χ1) is 9.84. The predicted octanol–water partition coefficient (Wildman–Crippen LogP) is 1.48. The van der Waals surface area contributed by atoms with Gasteiger partial charge in [0, 0.05) is 25.3 Å². The Labute approximate surface area is 137 Å². The number of H-pyrrole nitrogens is 1. The monoisotopic (exact) mass is 412 g/mol. The fourth-order valence-electron chi connectivity index (χ4n) is 2.01. The molecular formula is C13H21IN2O5. The van der Waals surface area contributed by atoms with E-state index in [0.29, 0.717) is 13.2 Å². The molecule has 2 unspecified atom stereocenters. The molecule has 0 radical (unpaired) electrons. The average molecular weight is 412 g/mol. The SMILES string of the molecule is COC[C@@](C)(OC(C)n1ccc(=O)[nH]c1=O)C(C)COI. The van der Waals surface area contributed by atoms with E-state index in [1.807, 2.05) is 36.9 Å². The second-order valence-electron chi connectivity index (χ2n) is 5.16. The molecule has 0 saturated heterocycles. The molecule has 21 heavy (non-hydrogen) atoms. The van der Waals surface area contributed by atoms with Crippen molar-refractivity contribution in [3.63, 3.8) is 0 Å². The van der Waals surface area contributed by atoms with Gasteiger partial charge in [-0.3, -0.25) is 14.3 Å². The van der Waals surface area contributed by atoms with Gasteiger partial charge in [-0.1, -0.05) is 6.92 Å². The van der Waals surface area contributed by atoms with Crippen LogP contribution in [0.2, 0.25) is 0 Å². The Morgan fingerprint density at radius 2 is 2.10 bits per heavy atom. The molecule has 0 amide bonds. The minimum absolute atomic E-state index is 0.0512. The lowest BCUT2D eigenvalue weighted by Gasteiger charge is -2.37. The van der Waals surface area contributed by atoms with Crippen LogP contribution in [-0.4, -0.2) is 35.5 Å². The first-order valence-electron chi connectivity index (χ1n) is 6.56. The van der Waals surface area contributed by atoms with Crippen molar-refractivity contribution in [2.45, 2.75) is 32.6 Å². The van der Waals surface area contributed by atoms with Crippen molar-refractivity contribution in [3.05, 3.63) is 33.1 Å². The van der Waals surface area contributed by atoms with Crippen molar-refractivity contribution in [1.29, 1.82) is 0 Å². The minimum atomic E-state index is -0.630. The number of nitrogens with zero attached hydrogens (tertiary/aromatic N) is 1. The van der Waals surface area contributed by atoms with Crippen LogP contribution in [0.5, 0.6) is 0 Å². The molecule has 8 heteroatoms. The molecule has 120 valence electrons. The van der Waals surface area contributed by atoms with Crippen LogP contribution in [0, 0.1) is 5.92 Å². The Hall–Kier alpha value is -0.710. The van der Waals surface area contributed by atoms with Crippen LogP contribution < -0.4 is 11.2 Å². The number of aromatic nitrogens is 2. The Balaban J connectivity index is 2.97. The molecule has 1 rings (SSSR count). The quantitative estimate of drug-likeness (QED) is 0.655. The number of nitrogens with one attached hydrogen (secondary N) is 1. The summed E-state index contributed by atoms with van der Waals surface area (Å²) >= 11 is 1.83. The molecule has 1 aromatic rings. The van der Waals surface area contributed by atoms with Gasteiger partial charge in [0.15, 0.2) is 0 Å². The molecule has 0 aromatic carbocycles. The van der Waals surface area contributed by atoms with E-state index in [1.54, 1.807) is 14.0 Å². The summed E-state index contributed by atoms with van der Waals surface area (Å²) < 4.78 is 17.7. The highest BCUT2D eigenvalue weighted by Crippen LogP contribution is 2.27. The van der Waals surface area contributed by atoms with Crippen LogP contribution in [0.25, 0.3) is 0 Å². The average Bonchev–Trinajstić information content (AvgIpc) is 2.38. The third-order valence-electron chi connectivity index (χ3n) is 3.47. The molecule has 7 nitrogen and oxygen atoms in total. The smallest absolute Gasteiger partial charge is 0.330 e. The molecule has 3 atom stereocenters. The van der Waals surface area contributed by atoms with Crippen LogP contribution in [0.3, 0.4) is 0 Å². The zero-order valence-corrected chi connectivity index (χ0v) is 14.7. The first-order valence-corrected chi connectivity index (χ1v) is 7.44. The number of hydrogen-bond acceptors (Lipinski definition) is 5. The van der Waals surface area contributed by atoms with Gasteiger partial charge in [0.1, 0.15) is 29.2 Å². The van der Waals surface area contributed by atoms with E-state index in [-0.39, 0.29) is 5.92 Å². The number of aromatic amines is 1. The van der Waals surface area contributed by atoms with Gasteiger partial charge in [-0.2, -0.15) is 0 Å². The lowest BCUT2D eigenvalue weighted by Crippen LogP contribution is -2.45. The Morgan fingerprint density at radius 1 is 1.43 bits per heavy atom. The van der Waals surface area contributed by atoms with Gasteiger partial charge in [0.25, 0.3) is 5.56 Å². The van der Waals surface area contributed by atoms with E-state index in [4.69, 9.17) is 12.5 Å². The highest BCUT2D eigenvalue weighted by Gasteiger charge is 2.35. The van der Waals surface area contributed by atoms with Crippen molar-refractivity contribution in [3.8, 4) is 0 Å². The van der Waals surface area contributed by atoms with Crippen molar-refractivity contribution < 1.29 is 12.5 Å². The van der Waals surface area contributed by atoms with Crippen LogP contribution in [0.15, 0.2) is 21.9 Å². The maximum Gasteiger partial charge on any atom is 0.330 e. The summed E-state index contributed by atoms with van der Waals surface area (Å²) in [7, 11) is 1.59. The second kappa shape index (κ2) is 8.06. The second-order valence-corrected chi connectivity index (χ2v) is 5.78. The molecule has 1 N–H and O–H groups in total. The summed E-state index contributed by atoms with van der Waals surface area (Å²) in [5.41, 5.74) is -1.57. The number of halogens is 1. The van der Waals surface area contributed by atoms with E-state index < -0.39 is 23.1 Å². The molecule has 0 aliphatic carbocycles. The van der Waals surface area contributed by atoms with E-state index in [1.165, 1.54) is 16.8 Å². The summed E-state index contributed by atoms with van der Waals surface area (Å²) in [5, 5.41) is 0. The van der Waals surface area contributed by atoms with Crippen LogP contribution >= 0.6 is 23.0 Å². The molecule has 0 bridgehead atoms. The molecule has 1 heterocycles. The highest BCUT2D eigenvalue weighted by molar-refractivity contribution is 14.1. The van der Waals surface area contributed by atoms with E-state index in [2.05, 4.69) is 4.98 Å². The molecule has 0 aliphatic rings. The number of methoxy groups -OCH3 is 1. The summed E-state index contributed by atoms with van der Waals surface area (Å²) in [6.45, 7) is 6.49. The lowest BCUT2D eigenvalue weighted by atomic mass is 9.92. The largest absolute Gasteiger partial charge is 0.382 e. The fourth-order valence-corrected chi connectivity index (χ4v) is 2.55. The Kier molecular flexibility index (Phi) is 7.04. The lowest BCUT2D eigenvalue weighted by molar-refractivity contribution is -0.166. The number of ether oxygens (including phenoxy) is 2. The fraction of sp³-hybridized carbons (Fsp3) is 0.692. The van der Waals surface area contributed by atoms with Crippen molar-refractivity contribution in [2.75, 3.05) is 20.3 Å². The predicted molar refractivity (Wildman–Crippen MR) is 86.5 cm³/mol. The molecular weight excluding hydrogens is 391 g/mol. The maximum atomic E-state index is 11.8. The van der Waals surface area contributed by atoms with Gasteiger partial charge >= 0.3 is 5.69 Å². The number of rotatable bonds is 8. The van der Waals surface area contributed by atoms with Crippen LogP contribution in [0.1, 0.15) is 27.0 Å². The summed E-state index contributed by atoms with van der Waals surface area (Å²) in [6.07, 6.45) is 0.865. The Morgan fingerprint density at radius 3 is 2.62 bits per heavy atom. The standard InChI is InChI=1S/C13H21IN2O5/c1-9(7-20-14)13(3,8-19-4)21-10(2)16-6-5-11(17)15-12(16)18/h5-6,9-10H,7-8H2,1-4H3,(H,15,17,18)/t9?,10?,13-/m1/s1.